The summed E-state index contributed by atoms with van der Waals surface area (Å²) < 4.78 is 5.21. The van der Waals surface area contributed by atoms with Gasteiger partial charge in [0.25, 0.3) is 11.1 Å². The lowest BCUT2D eigenvalue weighted by Gasteiger charge is -2.10. The van der Waals surface area contributed by atoms with Crippen LogP contribution in [0.25, 0.3) is 6.08 Å². The molecule has 2 amide bonds. The van der Waals surface area contributed by atoms with Crippen LogP contribution in [0, 0.1) is 0 Å². The number of nitrogens with zero attached hydrogens (tertiary/aromatic N) is 1. The van der Waals surface area contributed by atoms with Gasteiger partial charge < -0.3 is 9.84 Å². The first-order chi connectivity index (χ1) is 9.97. The maximum absolute atomic E-state index is 11.9. The molecule has 1 N–H and O–H groups in total. The molecule has 0 atom stereocenters. The minimum absolute atomic E-state index is 0.104. The van der Waals surface area contributed by atoms with Crippen LogP contribution in [0.5, 0.6) is 11.5 Å². The number of benzene rings is 1. The molecule has 110 valence electrons. The van der Waals surface area contributed by atoms with Crippen LogP contribution < -0.4 is 4.74 Å². The third-order valence-electron chi connectivity index (χ3n) is 3.07. The highest BCUT2D eigenvalue weighted by Crippen LogP contribution is 2.35. The third kappa shape index (κ3) is 2.95. The number of hydrogen-bond donors (Lipinski definition) is 1. The van der Waals surface area contributed by atoms with E-state index >= 15 is 0 Å². The first-order valence-electron chi connectivity index (χ1n) is 6.20. The molecule has 1 aromatic carbocycles. The number of likely N-dealkylation sites (N-methyl/N-ethyl adjacent to an activating group) is 1. The SMILES string of the molecule is C=CCc1cc(/C=C2\SC(=O)N(C)C2=O)c(OC)cc1O. The van der Waals surface area contributed by atoms with Gasteiger partial charge in [0.2, 0.25) is 0 Å². The summed E-state index contributed by atoms with van der Waals surface area (Å²) in [6, 6.07) is 3.21. The smallest absolute Gasteiger partial charge is 0.293 e. The van der Waals surface area contributed by atoms with Gasteiger partial charge in [-0.05, 0) is 35.9 Å². The fourth-order valence-electron chi connectivity index (χ4n) is 1.93. The third-order valence-corrected chi connectivity index (χ3v) is 4.03. The van der Waals surface area contributed by atoms with E-state index in [0.717, 1.165) is 16.7 Å². The second-order valence-corrected chi connectivity index (χ2v) is 5.45. The number of thioether (sulfide) groups is 1. The Labute approximate surface area is 126 Å². The maximum Gasteiger partial charge on any atom is 0.293 e. The normalized spacial score (nSPS) is 16.7. The summed E-state index contributed by atoms with van der Waals surface area (Å²) in [5, 5.41) is 9.58. The topological polar surface area (TPSA) is 66.8 Å². The Morgan fingerprint density at radius 1 is 1.43 bits per heavy atom. The van der Waals surface area contributed by atoms with E-state index in [1.54, 1.807) is 18.2 Å². The van der Waals surface area contributed by atoms with E-state index in [1.165, 1.54) is 20.2 Å². The molecule has 1 aromatic rings. The highest BCUT2D eigenvalue weighted by Gasteiger charge is 2.32. The molecular formula is C15H15NO4S. The van der Waals surface area contributed by atoms with Crippen molar-refractivity contribution < 1.29 is 19.4 Å². The molecular weight excluding hydrogens is 290 g/mol. The number of allylic oxidation sites excluding steroid dienone is 1. The number of phenolic OH excluding ortho intramolecular Hbond substituents is 1. The molecule has 1 aliphatic heterocycles. The predicted octanol–water partition coefficient (Wildman–Crippen LogP) is 2.80. The summed E-state index contributed by atoms with van der Waals surface area (Å²) in [6.07, 6.45) is 3.76. The number of rotatable bonds is 4. The molecule has 1 aliphatic rings. The zero-order valence-electron chi connectivity index (χ0n) is 11.8. The highest BCUT2D eigenvalue weighted by atomic mass is 32.2. The van der Waals surface area contributed by atoms with Gasteiger partial charge in [-0.3, -0.25) is 14.5 Å². The Kier molecular flexibility index (Phi) is 4.37. The quantitative estimate of drug-likeness (QED) is 0.684. The van der Waals surface area contributed by atoms with Gasteiger partial charge in [-0.1, -0.05) is 6.08 Å². The van der Waals surface area contributed by atoms with Crippen LogP contribution in [-0.2, 0) is 11.2 Å². The predicted molar refractivity (Wildman–Crippen MR) is 82.3 cm³/mol. The van der Waals surface area contributed by atoms with Gasteiger partial charge in [-0.15, -0.1) is 6.58 Å². The van der Waals surface area contributed by atoms with E-state index < -0.39 is 0 Å². The number of carbonyl (C=O) groups excluding carboxylic acids is 2. The van der Waals surface area contributed by atoms with E-state index in [4.69, 9.17) is 4.74 Å². The molecule has 6 heteroatoms. The molecule has 21 heavy (non-hydrogen) atoms. The zero-order chi connectivity index (χ0) is 15.6. The van der Waals surface area contributed by atoms with Crippen LogP contribution in [0.2, 0.25) is 0 Å². The lowest BCUT2D eigenvalue weighted by Crippen LogP contribution is -2.22. The van der Waals surface area contributed by atoms with Crippen molar-refractivity contribution >= 4 is 29.0 Å². The first kappa shape index (κ1) is 15.2. The van der Waals surface area contributed by atoms with Crippen LogP contribution >= 0.6 is 11.8 Å². The fourth-order valence-corrected chi connectivity index (χ4v) is 2.75. The van der Waals surface area contributed by atoms with Crippen LogP contribution in [0.3, 0.4) is 0 Å². The number of ether oxygens (including phenoxy) is 1. The molecule has 0 radical (unpaired) electrons. The number of phenols is 1. The second kappa shape index (κ2) is 6.05. The van der Waals surface area contributed by atoms with Gasteiger partial charge in [-0.2, -0.15) is 0 Å². The van der Waals surface area contributed by atoms with Gasteiger partial charge in [0, 0.05) is 18.7 Å². The minimum atomic E-state index is -0.342. The number of amides is 2. The lowest BCUT2D eigenvalue weighted by molar-refractivity contribution is -0.121. The van der Waals surface area contributed by atoms with E-state index in [9.17, 15) is 14.7 Å². The van der Waals surface area contributed by atoms with Crippen LogP contribution in [0.1, 0.15) is 11.1 Å². The van der Waals surface area contributed by atoms with Crippen LogP contribution in [0.15, 0.2) is 29.7 Å². The maximum atomic E-state index is 11.9. The first-order valence-corrected chi connectivity index (χ1v) is 7.02. The summed E-state index contributed by atoms with van der Waals surface area (Å²) in [5.41, 5.74) is 1.30. The average Bonchev–Trinajstić information content (AvgIpc) is 2.70. The van der Waals surface area contributed by atoms with Crippen molar-refractivity contribution in [3.05, 3.63) is 40.8 Å². The monoisotopic (exact) mass is 305 g/mol. The molecule has 0 unspecified atom stereocenters. The van der Waals surface area contributed by atoms with Crippen LogP contribution in [-0.4, -0.2) is 35.3 Å². The molecule has 0 bridgehead atoms. The van der Waals surface area contributed by atoms with Crippen molar-refractivity contribution in [3.63, 3.8) is 0 Å². The number of imide groups is 1. The fraction of sp³-hybridized carbons (Fsp3) is 0.200. The van der Waals surface area contributed by atoms with Gasteiger partial charge in [0.15, 0.2) is 0 Å². The Bertz CT molecular complexity index is 651. The Hall–Kier alpha value is -2.21. The van der Waals surface area contributed by atoms with Crippen molar-refractivity contribution in [2.24, 2.45) is 0 Å². The van der Waals surface area contributed by atoms with Gasteiger partial charge in [-0.25, -0.2) is 0 Å². The Morgan fingerprint density at radius 2 is 2.14 bits per heavy atom. The molecule has 0 aliphatic carbocycles. The van der Waals surface area contributed by atoms with Crippen molar-refractivity contribution in [2.75, 3.05) is 14.2 Å². The molecule has 0 spiro atoms. The average molecular weight is 305 g/mol. The largest absolute Gasteiger partial charge is 0.508 e. The van der Waals surface area contributed by atoms with E-state index in [1.807, 2.05) is 0 Å². The standard InChI is InChI=1S/C15H15NO4S/c1-4-5-9-6-10(12(20-3)8-11(9)17)7-13-14(18)16(2)15(19)21-13/h4,6-8,17H,1,5H2,2-3H3/b13-7-. The second-order valence-electron chi connectivity index (χ2n) is 4.46. The number of hydrogen-bond acceptors (Lipinski definition) is 5. The van der Waals surface area contributed by atoms with E-state index in [-0.39, 0.29) is 16.9 Å². The van der Waals surface area contributed by atoms with Crippen LogP contribution in [0.4, 0.5) is 4.79 Å². The van der Waals surface area contributed by atoms with Gasteiger partial charge in [0.05, 0.1) is 12.0 Å². The molecule has 1 saturated heterocycles. The summed E-state index contributed by atoms with van der Waals surface area (Å²) in [5.74, 6) is 0.195. The van der Waals surface area contributed by atoms with E-state index in [2.05, 4.69) is 6.58 Å². The Balaban J connectivity index is 2.48. The molecule has 1 fully saturated rings. The lowest BCUT2D eigenvalue weighted by atomic mass is 10.0. The number of carbonyl (C=O) groups is 2. The summed E-state index contributed by atoms with van der Waals surface area (Å²) >= 11 is 0.880. The van der Waals surface area contributed by atoms with Gasteiger partial charge in [0.1, 0.15) is 11.5 Å². The zero-order valence-corrected chi connectivity index (χ0v) is 12.6. The minimum Gasteiger partial charge on any atom is -0.508 e. The number of methoxy groups -OCH3 is 1. The number of aromatic hydroxyl groups is 1. The molecule has 0 aromatic heterocycles. The molecule has 2 rings (SSSR count). The van der Waals surface area contributed by atoms with E-state index in [0.29, 0.717) is 28.2 Å². The Morgan fingerprint density at radius 3 is 2.67 bits per heavy atom. The molecule has 1 heterocycles. The molecule has 5 nitrogen and oxygen atoms in total. The summed E-state index contributed by atoms with van der Waals surface area (Å²) in [7, 11) is 2.92. The summed E-state index contributed by atoms with van der Waals surface area (Å²) in [6.45, 7) is 3.64. The van der Waals surface area contributed by atoms with Gasteiger partial charge >= 0.3 is 0 Å². The van der Waals surface area contributed by atoms with Crippen molar-refractivity contribution in [3.8, 4) is 11.5 Å². The van der Waals surface area contributed by atoms with Crippen molar-refractivity contribution in [2.45, 2.75) is 6.42 Å². The summed E-state index contributed by atoms with van der Waals surface area (Å²) in [4.78, 5) is 24.8. The van der Waals surface area contributed by atoms with Crippen molar-refractivity contribution in [1.82, 2.24) is 4.90 Å². The van der Waals surface area contributed by atoms with Crippen molar-refractivity contribution in [1.29, 1.82) is 0 Å². The highest BCUT2D eigenvalue weighted by molar-refractivity contribution is 8.18. The molecule has 0 saturated carbocycles.